The number of hydrogen-bond donors (Lipinski definition) is 0. The highest BCUT2D eigenvalue weighted by atomic mass is 14.4. The Morgan fingerprint density at radius 3 is 2.80 bits per heavy atom. The average molecular weight is 201 g/mol. The molecule has 0 aromatic heterocycles. The van der Waals surface area contributed by atoms with Crippen molar-refractivity contribution in [3.05, 3.63) is 12.2 Å². The van der Waals surface area contributed by atoms with Crippen LogP contribution in [0.5, 0.6) is 0 Å². The maximum absolute atomic E-state index is 2.73. The average Bonchev–Trinajstić information content (AvgIpc) is 2.31. The zero-order valence-electron chi connectivity index (χ0n) is 9.70. The van der Waals surface area contributed by atoms with Gasteiger partial charge in [-0.2, -0.15) is 0 Å². The van der Waals surface area contributed by atoms with Gasteiger partial charge in [-0.3, -0.25) is 0 Å². The number of allylic oxidation sites excluding steroid dienone is 2. The maximum atomic E-state index is 2.73. The normalized spacial score (nSPS) is 44.8. The van der Waals surface area contributed by atoms with Crippen LogP contribution in [-0.2, 0) is 0 Å². The SMILES string of the molecule is [B]1C2CCCC1C(C1CC=CCC1)CC2. The molecule has 3 aliphatic rings. The summed E-state index contributed by atoms with van der Waals surface area (Å²) in [6.45, 7) is 0. The van der Waals surface area contributed by atoms with Crippen molar-refractivity contribution < 1.29 is 0 Å². The van der Waals surface area contributed by atoms with Gasteiger partial charge in [0.2, 0.25) is 0 Å². The number of rotatable bonds is 1. The third-order valence-electron chi connectivity index (χ3n) is 4.97. The standard InChI is InChI=1S/C14H22B/c1-2-5-11(6-3-1)13-10-9-12-7-4-8-14(13)15-12/h1-2,11-14H,3-10H2. The molecule has 2 saturated heterocycles. The lowest BCUT2D eigenvalue weighted by molar-refractivity contribution is 0.230. The van der Waals surface area contributed by atoms with Crippen LogP contribution in [-0.4, -0.2) is 7.28 Å². The van der Waals surface area contributed by atoms with Gasteiger partial charge in [-0.1, -0.05) is 55.9 Å². The molecule has 4 atom stereocenters. The predicted octanol–water partition coefficient (Wildman–Crippen LogP) is 4.22. The number of hydrogen-bond acceptors (Lipinski definition) is 0. The molecule has 81 valence electrons. The molecule has 0 saturated carbocycles. The lowest BCUT2D eigenvalue weighted by Crippen LogP contribution is -2.33. The van der Waals surface area contributed by atoms with Gasteiger partial charge in [0.1, 0.15) is 7.28 Å². The first-order valence-electron chi connectivity index (χ1n) is 6.93. The van der Waals surface area contributed by atoms with Crippen molar-refractivity contribution in [1.82, 2.24) is 0 Å². The second-order valence-electron chi connectivity index (χ2n) is 5.83. The van der Waals surface area contributed by atoms with Crippen LogP contribution in [0, 0.1) is 11.8 Å². The Bertz CT molecular complexity index is 246. The first kappa shape index (κ1) is 9.99. The molecule has 0 spiro atoms. The third kappa shape index (κ3) is 2.03. The molecule has 1 radical (unpaired) electrons. The van der Waals surface area contributed by atoms with Gasteiger partial charge in [0.15, 0.2) is 0 Å². The summed E-state index contributed by atoms with van der Waals surface area (Å²) < 4.78 is 0. The lowest BCUT2D eigenvalue weighted by atomic mass is 9.40. The summed E-state index contributed by atoms with van der Waals surface area (Å²) in [7, 11) is 2.73. The largest absolute Gasteiger partial charge is 0.118 e. The topological polar surface area (TPSA) is 0 Å². The fourth-order valence-corrected chi connectivity index (χ4v) is 4.17. The van der Waals surface area contributed by atoms with E-state index in [1.54, 1.807) is 0 Å². The second-order valence-corrected chi connectivity index (χ2v) is 5.83. The summed E-state index contributed by atoms with van der Waals surface area (Å²) in [5.41, 5.74) is 0. The Hall–Kier alpha value is -0.195. The van der Waals surface area contributed by atoms with Gasteiger partial charge in [-0.25, -0.2) is 0 Å². The van der Waals surface area contributed by atoms with E-state index in [0.717, 1.165) is 23.5 Å². The molecule has 2 heterocycles. The molecule has 0 aromatic carbocycles. The van der Waals surface area contributed by atoms with Gasteiger partial charge in [0.05, 0.1) is 0 Å². The van der Waals surface area contributed by atoms with Crippen LogP contribution in [0.4, 0.5) is 0 Å². The smallest absolute Gasteiger partial charge is 0.0885 e. The molecule has 0 aromatic rings. The van der Waals surface area contributed by atoms with Crippen LogP contribution in [0.2, 0.25) is 11.6 Å². The molecule has 2 bridgehead atoms. The highest BCUT2D eigenvalue weighted by Gasteiger charge is 2.37. The van der Waals surface area contributed by atoms with E-state index in [4.69, 9.17) is 0 Å². The van der Waals surface area contributed by atoms with Gasteiger partial charge in [0, 0.05) is 0 Å². The van der Waals surface area contributed by atoms with Crippen molar-refractivity contribution >= 4 is 7.28 Å². The molecule has 3 rings (SSSR count). The van der Waals surface area contributed by atoms with Gasteiger partial charge in [-0.05, 0) is 31.1 Å². The first-order chi connectivity index (χ1) is 7.43. The van der Waals surface area contributed by atoms with Crippen LogP contribution in [0.15, 0.2) is 12.2 Å². The van der Waals surface area contributed by atoms with E-state index in [9.17, 15) is 0 Å². The Morgan fingerprint density at radius 2 is 1.93 bits per heavy atom. The van der Waals surface area contributed by atoms with Crippen molar-refractivity contribution in [2.24, 2.45) is 11.8 Å². The first-order valence-corrected chi connectivity index (χ1v) is 6.93. The fraction of sp³-hybridized carbons (Fsp3) is 0.857. The molecular weight excluding hydrogens is 179 g/mol. The summed E-state index contributed by atoms with van der Waals surface area (Å²) in [4.78, 5) is 0. The van der Waals surface area contributed by atoms with Gasteiger partial charge in [0.25, 0.3) is 0 Å². The number of fused-ring (bicyclic) bond motifs is 2. The molecule has 4 unspecified atom stereocenters. The Balaban J connectivity index is 1.67. The van der Waals surface area contributed by atoms with E-state index < -0.39 is 0 Å². The van der Waals surface area contributed by atoms with Crippen molar-refractivity contribution in [3.8, 4) is 0 Å². The minimum atomic E-state index is 0.994. The van der Waals surface area contributed by atoms with Crippen molar-refractivity contribution in [3.63, 3.8) is 0 Å². The van der Waals surface area contributed by atoms with Crippen LogP contribution >= 0.6 is 0 Å². The monoisotopic (exact) mass is 201 g/mol. The van der Waals surface area contributed by atoms with Gasteiger partial charge < -0.3 is 0 Å². The van der Waals surface area contributed by atoms with Crippen LogP contribution < -0.4 is 0 Å². The molecule has 2 fully saturated rings. The Morgan fingerprint density at radius 1 is 0.933 bits per heavy atom. The summed E-state index contributed by atoms with van der Waals surface area (Å²) in [6, 6.07) is 0. The fourth-order valence-electron chi connectivity index (χ4n) is 4.17. The van der Waals surface area contributed by atoms with E-state index in [1.165, 1.54) is 51.4 Å². The van der Waals surface area contributed by atoms with E-state index in [-0.39, 0.29) is 0 Å². The van der Waals surface area contributed by atoms with E-state index in [2.05, 4.69) is 19.4 Å². The van der Waals surface area contributed by atoms with E-state index in [1.807, 2.05) is 0 Å². The van der Waals surface area contributed by atoms with E-state index >= 15 is 0 Å². The van der Waals surface area contributed by atoms with Crippen molar-refractivity contribution in [1.29, 1.82) is 0 Å². The minimum Gasteiger partial charge on any atom is -0.0885 e. The molecule has 0 amide bonds. The van der Waals surface area contributed by atoms with Crippen LogP contribution in [0.3, 0.4) is 0 Å². The second kappa shape index (κ2) is 4.35. The van der Waals surface area contributed by atoms with Crippen molar-refractivity contribution in [2.75, 3.05) is 0 Å². The Labute approximate surface area is 94.8 Å². The quantitative estimate of drug-likeness (QED) is 0.440. The van der Waals surface area contributed by atoms with E-state index in [0.29, 0.717) is 0 Å². The lowest BCUT2D eigenvalue weighted by Gasteiger charge is -2.43. The summed E-state index contributed by atoms with van der Waals surface area (Å²) >= 11 is 0. The van der Waals surface area contributed by atoms with Crippen LogP contribution in [0.1, 0.15) is 51.4 Å². The maximum Gasteiger partial charge on any atom is 0.118 e. The van der Waals surface area contributed by atoms with Crippen LogP contribution in [0.25, 0.3) is 0 Å². The third-order valence-corrected chi connectivity index (χ3v) is 4.97. The van der Waals surface area contributed by atoms with Crippen molar-refractivity contribution in [2.45, 2.75) is 63.0 Å². The molecule has 2 aliphatic heterocycles. The molecule has 0 nitrogen and oxygen atoms in total. The predicted molar refractivity (Wildman–Crippen MR) is 66.3 cm³/mol. The molecule has 1 aliphatic carbocycles. The minimum absolute atomic E-state index is 0.994. The zero-order valence-corrected chi connectivity index (χ0v) is 9.70. The summed E-state index contributed by atoms with van der Waals surface area (Å²) in [5, 5.41) is 0. The molecule has 1 heteroatoms. The molecular formula is C14H22B. The summed E-state index contributed by atoms with van der Waals surface area (Å²) in [6.07, 6.45) is 16.5. The summed E-state index contributed by atoms with van der Waals surface area (Å²) in [5.74, 6) is 4.06. The zero-order chi connectivity index (χ0) is 10.1. The van der Waals surface area contributed by atoms with Gasteiger partial charge in [-0.15, -0.1) is 0 Å². The molecule has 15 heavy (non-hydrogen) atoms. The Kier molecular flexibility index (Phi) is 2.90. The highest BCUT2D eigenvalue weighted by Crippen LogP contribution is 2.49. The van der Waals surface area contributed by atoms with Gasteiger partial charge >= 0.3 is 0 Å². The highest BCUT2D eigenvalue weighted by molar-refractivity contribution is 6.40. The molecule has 0 N–H and O–H groups in total.